The van der Waals surface area contributed by atoms with Crippen LogP contribution < -0.4 is 4.74 Å². The summed E-state index contributed by atoms with van der Waals surface area (Å²) in [7, 11) is 1.41. The SMILES string of the molecule is COc1nccc(C(C)C(C)Br)c1F. The molecule has 1 aromatic heterocycles. The highest BCUT2D eigenvalue weighted by atomic mass is 79.9. The van der Waals surface area contributed by atoms with E-state index >= 15 is 0 Å². The third-order valence-corrected chi connectivity index (χ3v) is 3.05. The van der Waals surface area contributed by atoms with Crippen molar-refractivity contribution in [1.29, 1.82) is 0 Å². The van der Waals surface area contributed by atoms with Gasteiger partial charge in [0, 0.05) is 11.0 Å². The Balaban J connectivity index is 3.09. The van der Waals surface area contributed by atoms with Crippen molar-refractivity contribution in [2.75, 3.05) is 7.11 Å². The Bertz CT molecular complexity index is 317. The molecule has 78 valence electrons. The third-order valence-electron chi connectivity index (χ3n) is 2.26. The van der Waals surface area contributed by atoms with E-state index in [9.17, 15) is 4.39 Å². The van der Waals surface area contributed by atoms with Gasteiger partial charge in [-0.15, -0.1) is 0 Å². The highest BCUT2D eigenvalue weighted by molar-refractivity contribution is 9.09. The zero-order valence-corrected chi connectivity index (χ0v) is 10.0. The second-order valence-electron chi connectivity index (χ2n) is 3.19. The Morgan fingerprint density at radius 1 is 1.50 bits per heavy atom. The molecule has 2 nitrogen and oxygen atoms in total. The summed E-state index contributed by atoms with van der Waals surface area (Å²) in [5.41, 5.74) is 0.626. The van der Waals surface area contributed by atoms with Gasteiger partial charge in [0.05, 0.1) is 7.11 Å². The zero-order valence-electron chi connectivity index (χ0n) is 8.42. The Morgan fingerprint density at radius 3 is 2.64 bits per heavy atom. The van der Waals surface area contributed by atoms with Crippen molar-refractivity contribution in [2.24, 2.45) is 0 Å². The standard InChI is InChI=1S/C10H13BrFNO/c1-6(7(2)11)8-4-5-13-10(14-3)9(8)12/h4-7H,1-3H3. The third kappa shape index (κ3) is 2.23. The molecular weight excluding hydrogens is 249 g/mol. The minimum atomic E-state index is -0.367. The normalized spacial score (nSPS) is 14.9. The average Bonchev–Trinajstić information content (AvgIpc) is 2.17. The summed E-state index contributed by atoms with van der Waals surface area (Å²) in [6.45, 7) is 3.94. The van der Waals surface area contributed by atoms with Crippen molar-refractivity contribution >= 4 is 15.9 Å². The molecule has 0 N–H and O–H groups in total. The maximum absolute atomic E-state index is 13.7. The monoisotopic (exact) mass is 261 g/mol. The van der Waals surface area contributed by atoms with E-state index in [0.717, 1.165) is 0 Å². The van der Waals surface area contributed by atoms with Gasteiger partial charge in [0.15, 0.2) is 5.82 Å². The molecule has 0 amide bonds. The molecule has 0 saturated carbocycles. The molecule has 0 aliphatic carbocycles. The van der Waals surface area contributed by atoms with Gasteiger partial charge in [-0.2, -0.15) is 0 Å². The number of nitrogens with zero attached hydrogens (tertiary/aromatic N) is 1. The summed E-state index contributed by atoms with van der Waals surface area (Å²) in [6, 6.07) is 1.68. The molecule has 0 aromatic carbocycles. The lowest BCUT2D eigenvalue weighted by Gasteiger charge is -2.15. The Morgan fingerprint density at radius 2 is 2.14 bits per heavy atom. The van der Waals surface area contributed by atoms with Crippen LogP contribution in [0.5, 0.6) is 5.88 Å². The molecule has 0 aliphatic rings. The summed E-state index contributed by atoms with van der Waals surface area (Å²) < 4.78 is 18.5. The Hall–Kier alpha value is -0.640. The highest BCUT2D eigenvalue weighted by Gasteiger charge is 2.18. The fourth-order valence-corrected chi connectivity index (χ4v) is 1.46. The first kappa shape index (κ1) is 11.4. The van der Waals surface area contributed by atoms with Crippen LogP contribution in [0.4, 0.5) is 4.39 Å². The first-order chi connectivity index (χ1) is 6.57. The van der Waals surface area contributed by atoms with Crippen LogP contribution in [0.15, 0.2) is 12.3 Å². The van der Waals surface area contributed by atoms with Crippen LogP contribution >= 0.6 is 15.9 Å². The van der Waals surface area contributed by atoms with Crippen molar-refractivity contribution in [3.05, 3.63) is 23.6 Å². The van der Waals surface area contributed by atoms with Crippen LogP contribution in [-0.2, 0) is 0 Å². The molecule has 1 rings (SSSR count). The number of hydrogen-bond acceptors (Lipinski definition) is 2. The lowest BCUT2D eigenvalue weighted by Crippen LogP contribution is -2.08. The smallest absolute Gasteiger partial charge is 0.250 e. The maximum atomic E-state index is 13.7. The zero-order chi connectivity index (χ0) is 10.7. The van der Waals surface area contributed by atoms with Crippen LogP contribution in [0, 0.1) is 5.82 Å². The van der Waals surface area contributed by atoms with Crippen LogP contribution in [-0.4, -0.2) is 16.9 Å². The minimum absolute atomic E-state index is 0.0579. The number of ether oxygens (including phenoxy) is 1. The second-order valence-corrected chi connectivity index (χ2v) is 4.63. The second kappa shape index (κ2) is 4.73. The quantitative estimate of drug-likeness (QED) is 0.781. The van der Waals surface area contributed by atoms with Crippen molar-refractivity contribution in [1.82, 2.24) is 4.98 Å². The average molecular weight is 262 g/mol. The summed E-state index contributed by atoms with van der Waals surface area (Å²) in [4.78, 5) is 4.00. The van der Waals surface area contributed by atoms with Crippen molar-refractivity contribution < 1.29 is 9.13 Å². The van der Waals surface area contributed by atoms with Gasteiger partial charge in [0.1, 0.15) is 0 Å². The number of pyridine rings is 1. The fourth-order valence-electron chi connectivity index (χ4n) is 1.18. The first-order valence-electron chi connectivity index (χ1n) is 4.40. The summed E-state index contributed by atoms with van der Waals surface area (Å²) >= 11 is 3.43. The van der Waals surface area contributed by atoms with Crippen molar-refractivity contribution in [3.63, 3.8) is 0 Å². The minimum Gasteiger partial charge on any atom is -0.479 e. The molecule has 0 fully saturated rings. The highest BCUT2D eigenvalue weighted by Crippen LogP contribution is 2.29. The van der Waals surface area contributed by atoms with Crippen LogP contribution in [0.3, 0.4) is 0 Å². The lowest BCUT2D eigenvalue weighted by molar-refractivity contribution is 0.365. The Labute approximate surface area is 91.6 Å². The van der Waals surface area contributed by atoms with Gasteiger partial charge in [-0.25, -0.2) is 9.37 Å². The predicted molar refractivity (Wildman–Crippen MR) is 57.6 cm³/mol. The van der Waals surface area contributed by atoms with Gasteiger partial charge < -0.3 is 4.74 Å². The summed E-state index contributed by atoms with van der Waals surface area (Å²) in [6.07, 6.45) is 1.56. The largest absolute Gasteiger partial charge is 0.479 e. The van der Waals surface area contributed by atoms with E-state index in [1.54, 1.807) is 12.3 Å². The number of hydrogen-bond donors (Lipinski definition) is 0. The molecule has 1 aromatic rings. The van der Waals surface area contributed by atoms with Gasteiger partial charge in [-0.3, -0.25) is 0 Å². The first-order valence-corrected chi connectivity index (χ1v) is 5.32. The van der Waals surface area contributed by atoms with E-state index in [1.807, 2.05) is 13.8 Å². The lowest BCUT2D eigenvalue weighted by atomic mass is 9.99. The van der Waals surface area contributed by atoms with Gasteiger partial charge in [-0.1, -0.05) is 29.8 Å². The van der Waals surface area contributed by atoms with Crippen molar-refractivity contribution in [2.45, 2.75) is 24.6 Å². The van der Waals surface area contributed by atoms with Crippen LogP contribution in [0.25, 0.3) is 0 Å². The molecule has 0 bridgehead atoms. The van der Waals surface area contributed by atoms with Gasteiger partial charge in [0.25, 0.3) is 0 Å². The van der Waals surface area contributed by atoms with E-state index in [2.05, 4.69) is 20.9 Å². The summed E-state index contributed by atoms with van der Waals surface area (Å²) in [5, 5.41) is 0. The van der Waals surface area contributed by atoms with E-state index < -0.39 is 0 Å². The van der Waals surface area contributed by atoms with Crippen LogP contribution in [0.2, 0.25) is 0 Å². The number of alkyl halides is 1. The van der Waals surface area contributed by atoms with E-state index in [1.165, 1.54) is 7.11 Å². The maximum Gasteiger partial charge on any atom is 0.250 e. The molecule has 4 heteroatoms. The number of halogens is 2. The van der Waals surface area contributed by atoms with E-state index in [0.29, 0.717) is 5.56 Å². The topological polar surface area (TPSA) is 22.1 Å². The predicted octanol–water partition coefficient (Wildman–Crippen LogP) is 3.12. The van der Waals surface area contributed by atoms with Crippen molar-refractivity contribution in [3.8, 4) is 5.88 Å². The number of aromatic nitrogens is 1. The number of methoxy groups -OCH3 is 1. The Kier molecular flexibility index (Phi) is 3.86. The molecule has 2 atom stereocenters. The fraction of sp³-hybridized carbons (Fsp3) is 0.500. The number of rotatable bonds is 3. The van der Waals surface area contributed by atoms with E-state index in [4.69, 9.17) is 4.74 Å². The van der Waals surface area contributed by atoms with Crippen LogP contribution in [0.1, 0.15) is 25.3 Å². The van der Waals surface area contributed by atoms with Gasteiger partial charge in [0.2, 0.25) is 5.88 Å². The summed E-state index contributed by atoms with van der Waals surface area (Å²) in [5.74, 6) is -0.219. The molecule has 0 aliphatic heterocycles. The molecule has 0 saturated heterocycles. The molecule has 1 heterocycles. The van der Waals surface area contributed by atoms with Gasteiger partial charge >= 0.3 is 0 Å². The van der Waals surface area contributed by atoms with Gasteiger partial charge in [-0.05, 0) is 17.5 Å². The van der Waals surface area contributed by atoms with E-state index in [-0.39, 0.29) is 22.4 Å². The molecule has 14 heavy (non-hydrogen) atoms. The molecule has 0 radical (unpaired) electrons. The molecular formula is C10H13BrFNO. The molecule has 2 unspecified atom stereocenters. The molecule has 0 spiro atoms.